The summed E-state index contributed by atoms with van der Waals surface area (Å²) in [5.74, 6) is -0.937. The summed E-state index contributed by atoms with van der Waals surface area (Å²) >= 11 is 0. The van der Waals surface area contributed by atoms with Crippen molar-refractivity contribution in [1.29, 1.82) is 0 Å². The van der Waals surface area contributed by atoms with Gasteiger partial charge in [-0.1, -0.05) is 13.0 Å². The lowest BCUT2D eigenvalue weighted by Crippen LogP contribution is -2.36. The van der Waals surface area contributed by atoms with E-state index >= 15 is 0 Å². The lowest BCUT2D eigenvalue weighted by Gasteiger charge is -2.31. The fourth-order valence-corrected chi connectivity index (χ4v) is 3.96. The lowest BCUT2D eigenvalue weighted by atomic mass is 9.90. The molecule has 2 heterocycles. The maximum Gasteiger partial charge on any atom is 0.356 e. The number of aryl methyl sites for hydroxylation is 1. The Morgan fingerprint density at radius 3 is 2.96 bits per heavy atom. The molecule has 0 bridgehead atoms. The third-order valence-corrected chi connectivity index (χ3v) is 5.33. The molecule has 1 N–H and O–H groups in total. The molecule has 0 aliphatic heterocycles. The molecule has 1 aliphatic carbocycles. The van der Waals surface area contributed by atoms with Crippen LogP contribution in [0.2, 0.25) is 0 Å². The van der Waals surface area contributed by atoms with Crippen LogP contribution < -0.4 is 0 Å². The summed E-state index contributed by atoms with van der Waals surface area (Å²) in [6.07, 6.45) is 3.50. The van der Waals surface area contributed by atoms with E-state index in [1.54, 1.807) is 0 Å². The van der Waals surface area contributed by atoms with Crippen molar-refractivity contribution in [3.05, 3.63) is 40.7 Å². The van der Waals surface area contributed by atoms with Crippen LogP contribution in [0.3, 0.4) is 0 Å². The Kier molecular flexibility index (Phi) is 4.65. The molecule has 1 aliphatic rings. The van der Waals surface area contributed by atoms with Gasteiger partial charge in [0.1, 0.15) is 11.0 Å². The molecule has 0 fully saturated rings. The third kappa shape index (κ3) is 3.32. The number of carboxylic acids is 1. The minimum Gasteiger partial charge on any atom is -0.476 e. The predicted octanol–water partition coefficient (Wildman–Crippen LogP) is 2.52. The Bertz CT molecular complexity index is 977. The quantitative estimate of drug-likeness (QED) is 0.713. The smallest absolute Gasteiger partial charge is 0.356 e. The number of benzene rings is 1. The SMILES string of the molecule is CCCn1nc(C(=O)O)c2c1CCC(N(C)Cc1ccc3nonc3c1)C2. The van der Waals surface area contributed by atoms with Crippen LogP contribution in [0.25, 0.3) is 11.0 Å². The second kappa shape index (κ2) is 7.11. The van der Waals surface area contributed by atoms with Gasteiger partial charge in [-0.3, -0.25) is 9.58 Å². The first-order valence-electron chi connectivity index (χ1n) is 9.30. The van der Waals surface area contributed by atoms with Crippen LogP contribution in [0.15, 0.2) is 22.8 Å². The average Bonchev–Trinajstić information content (AvgIpc) is 3.26. The molecule has 0 spiro atoms. The molecule has 1 unspecified atom stereocenters. The van der Waals surface area contributed by atoms with Gasteiger partial charge < -0.3 is 5.11 Å². The maximum atomic E-state index is 11.6. The Morgan fingerprint density at radius 1 is 1.37 bits per heavy atom. The van der Waals surface area contributed by atoms with E-state index < -0.39 is 5.97 Å². The van der Waals surface area contributed by atoms with Gasteiger partial charge in [0, 0.05) is 30.4 Å². The molecule has 0 saturated carbocycles. The number of carbonyl (C=O) groups is 1. The fourth-order valence-electron chi connectivity index (χ4n) is 3.96. The van der Waals surface area contributed by atoms with E-state index in [2.05, 4.69) is 34.3 Å². The van der Waals surface area contributed by atoms with E-state index in [4.69, 9.17) is 4.63 Å². The highest BCUT2D eigenvalue weighted by atomic mass is 16.6. The summed E-state index contributed by atoms with van der Waals surface area (Å²) < 4.78 is 6.65. The Morgan fingerprint density at radius 2 is 2.19 bits per heavy atom. The zero-order valence-corrected chi connectivity index (χ0v) is 15.6. The number of fused-ring (bicyclic) bond motifs is 2. The number of likely N-dealkylation sites (N-methyl/N-ethyl adjacent to an activating group) is 1. The van der Waals surface area contributed by atoms with Crippen LogP contribution in [0, 0.1) is 0 Å². The Labute approximate surface area is 156 Å². The second-order valence-corrected chi connectivity index (χ2v) is 7.20. The monoisotopic (exact) mass is 369 g/mol. The van der Waals surface area contributed by atoms with E-state index in [0.29, 0.717) is 6.42 Å². The molecule has 1 atom stereocenters. The molecule has 2 aromatic heterocycles. The fraction of sp³-hybridized carbons (Fsp3) is 0.474. The second-order valence-electron chi connectivity index (χ2n) is 7.20. The van der Waals surface area contributed by atoms with Gasteiger partial charge in [-0.05, 0) is 60.7 Å². The van der Waals surface area contributed by atoms with Gasteiger partial charge in [-0.15, -0.1) is 0 Å². The van der Waals surface area contributed by atoms with Crippen LogP contribution in [0.5, 0.6) is 0 Å². The molecule has 8 heteroatoms. The number of hydrogen-bond acceptors (Lipinski definition) is 6. The lowest BCUT2D eigenvalue weighted by molar-refractivity contribution is 0.0687. The van der Waals surface area contributed by atoms with Crippen molar-refractivity contribution in [3.8, 4) is 0 Å². The van der Waals surface area contributed by atoms with Gasteiger partial charge in [0.15, 0.2) is 5.69 Å². The number of carboxylic acid groups (broad SMARTS) is 1. The summed E-state index contributed by atoms with van der Waals surface area (Å²) in [4.78, 5) is 13.9. The van der Waals surface area contributed by atoms with Gasteiger partial charge in [0.2, 0.25) is 0 Å². The molecule has 4 rings (SSSR count). The topological polar surface area (TPSA) is 97.3 Å². The summed E-state index contributed by atoms with van der Waals surface area (Å²) in [6.45, 7) is 3.60. The molecule has 1 aromatic carbocycles. The molecular weight excluding hydrogens is 346 g/mol. The average molecular weight is 369 g/mol. The van der Waals surface area contributed by atoms with E-state index in [1.807, 2.05) is 22.9 Å². The van der Waals surface area contributed by atoms with Crippen molar-refractivity contribution in [2.75, 3.05) is 7.05 Å². The van der Waals surface area contributed by atoms with Crippen molar-refractivity contribution < 1.29 is 14.5 Å². The molecule has 8 nitrogen and oxygen atoms in total. The molecule has 0 saturated heterocycles. The predicted molar refractivity (Wildman–Crippen MR) is 98.6 cm³/mol. The zero-order chi connectivity index (χ0) is 19.0. The Balaban J connectivity index is 1.53. The van der Waals surface area contributed by atoms with Crippen LogP contribution in [0.4, 0.5) is 0 Å². The molecule has 0 amide bonds. The highest BCUT2D eigenvalue weighted by Gasteiger charge is 2.30. The number of aromatic nitrogens is 4. The van der Waals surface area contributed by atoms with Crippen molar-refractivity contribution in [2.45, 2.75) is 51.7 Å². The number of rotatable bonds is 6. The normalized spacial score (nSPS) is 16.8. The standard InChI is InChI=1S/C19H23N5O3/c1-3-8-24-17-7-5-13(10-14(17)18(20-24)19(25)26)23(2)11-12-4-6-15-16(9-12)22-27-21-15/h4,6,9,13H,3,5,7-8,10-11H2,1-2H3,(H,25,26). The molecule has 0 radical (unpaired) electrons. The van der Waals surface area contributed by atoms with E-state index in [1.165, 1.54) is 0 Å². The van der Waals surface area contributed by atoms with E-state index in [0.717, 1.165) is 60.2 Å². The maximum absolute atomic E-state index is 11.6. The molecule has 3 aromatic rings. The van der Waals surface area contributed by atoms with Crippen LogP contribution in [-0.2, 0) is 25.9 Å². The van der Waals surface area contributed by atoms with E-state index in [-0.39, 0.29) is 11.7 Å². The van der Waals surface area contributed by atoms with Crippen molar-refractivity contribution >= 4 is 17.0 Å². The number of nitrogens with zero attached hydrogens (tertiary/aromatic N) is 5. The molecule has 142 valence electrons. The molecular formula is C19H23N5O3. The van der Waals surface area contributed by atoms with Gasteiger partial charge in [-0.25, -0.2) is 9.42 Å². The minimum atomic E-state index is -0.937. The van der Waals surface area contributed by atoms with Gasteiger partial charge in [0.25, 0.3) is 0 Å². The van der Waals surface area contributed by atoms with Crippen LogP contribution in [0.1, 0.15) is 47.1 Å². The number of hydrogen-bond donors (Lipinski definition) is 1. The first-order chi connectivity index (χ1) is 13.1. The highest BCUT2D eigenvalue weighted by molar-refractivity contribution is 5.87. The van der Waals surface area contributed by atoms with Gasteiger partial charge in [-0.2, -0.15) is 5.10 Å². The van der Waals surface area contributed by atoms with Gasteiger partial charge in [0.05, 0.1) is 0 Å². The van der Waals surface area contributed by atoms with Crippen molar-refractivity contribution in [3.63, 3.8) is 0 Å². The minimum absolute atomic E-state index is 0.214. The summed E-state index contributed by atoms with van der Waals surface area (Å²) in [7, 11) is 2.08. The first-order valence-corrected chi connectivity index (χ1v) is 9.30. The summed E-state index contributed by atoms with van der Waals surface area (Å²) in [5.41, 5.74) is 4.83. The van der Waals surface area contributed by atoms with Gasteiger partial charge >= 0.3 is 5.97 Å². The highest BCUT2D eigenvalue weighted by Crippen LogP contribution is 2.28. The van der Waals surface area contributed by atoms with Crippen molar-refractivity contribution in [2.24, 2.45) is 0 Å². The van der Waals surface area contributed by atoms with Crippen molar-refractivity contribution in [1.82, 2.24) is 25.0 Å². The Hall–Kier alpha value is -2.74. The third-order valence-electron chi connectivity index (χ3n) is 5.33. The first kappa shape index (κ1) is 17.7. The molecule has 27 heavy (non-hydrogen) atoms. The zero-order valence-electron chi connectivity index (χ0n) is 15.6. The summed E-state index contributed by atoms with van der Waals surface area (Å²) in [5, 5.41) is 21.6. The largest absolute Gasteiger partial charge is 0.476 e. The van der Waals surface area contributed by atoms with Crippen LogP contribution in [-0.4, -0.2) is 49.2 Å². The van der Waals surface area contributed by atoms with Crippen LogP contribution >= 0.6 is 0 Å². The number of aromatic carboxylic acids is 1. The van der Waals surface area contributed by atoms with E-state index in [9.17, 15) is 9.90 Å². The summed E-state index contributed by atoms with van der Waals surface area (Å²) in [6, 6.07) is 6.20.